The zero-order chi connectivity index (χ0) is 16.1. The Bertz CT molecular complexity index is 724. The molecule has 22 heavy (non-hydrogen) atoms. The number of aryl methyl sites for hydroxylation is 1. The molecule has 0 radical (unpaired) electrons. The monoisotopic (exact) mass is 335 g/mol. The molecule has 0 saturated heterocycles. The van der Waals surface area contributed by atoms with E-state index < -0.39 is 0 Å². The molecule has 0 spiro atoms. The fourth-order valence-corrected chi connectivity index (χ4v) is 2.59. The zero-order valence-corrected chi connectivity index (χ0v) is 13.6. The number of carbonyl (C=O) groups excluding carboxylic acids is 1. The number of anilines is 1. The fourth-order valence-electron chi connectivity index (χ4n) is 1.63. The number of thioether (sulfide) groups is 1. The molecular formula is C14H14ClN5OS. The van der Waals surface area contributed by atoms with Crippen LogP contribution in [0.4, 0.5) is 5.69 Å². The number of benzene rings is 1. The van der Waals surface area contributed by atoms with Crippen LogP contribution in [-0.2, 0) is 11.2 Å². The van der Waals surface area contributed by atoms with Gasteiger partial charge in [0.05, 0.1) is 15.8 Å². The Morgan fingerprint density at radius 1 is 1.59 bits per heavy atom. The molecule has 114 valence electrons. The molecule has 0 aliphatic heterocycles. The van der Waals surface area contributed by atoms with E-state index in [9.17, 15) is 4.79 Å². The second-order valence-corrected chi connectivity index (χ2v) is 6.19. The minimum absolute atomic E-state index is 0.186. The number of nitrogens with zero attached hydrogens (tertiary/aromatic N) is 3. The van der Waals surface area contributed by atoms with Gasteiger partial charge in [0, 0.05) is 12.1 Å². The quantitative estimate of drug-likeness (QED) is 0.819. The Morgan fingerprint density at radius 2 is 2.36 bits per heavy atom. The summed E-state index contributed by atoms with van der Waals surface area (Å²) >= 11 is 7.21. The van der Waals surface area contributed by atoms with Crippen molar-refractivity contribution in [3.05, 3.63) is 34.6 Å². The van der Waals surface area contributed by atoms with Crippen LogP contribution in [-0.4, -0.2) is 26.3 Å². The zero-order valence-electron chi connectivity index (χ0n) is 12.1. The number of halogens is 1. The van der Waals surface area contributed by atoms with Crippen molar-refractivity contribution >= 4 is 35.0 Å². The van der Waals surface area contributed by atoms with Gasteiger partial charge in [0.15, 0.2) is 0 Å². The molecule has 0 aliphatic rings. The van der Waals surface area contributed by atoms with Crippen molar-refractivity contribution in [1.82, 2.24) is 15.2 Å². The second-order valence-electron chi connectivity index (χ2n) is 4.47. The largest absolute Gasteiger partial charge is 0.325 e. The predicted molar refractivity (Wildman–Crippen MR) is 85.9 cm³/mol. The molecule has 0 aliphatic carbocycles. The number of nitrogens with one attached hydrogen (secondary N) is 2. The Kier molecular flexibility index (Phi) is 5.41. The predicted octanol–water partition coefficient (Wildman–Crippen LogP) is 3.01. The van der Waals surface area contributed by atoms with E-state index in [1.165, 1.54) is 11.8 Å². The van der Waals surface area contributed by atoms with Crippen LogP contribution < -0.4 is 5.32 Å². The summed E-state index contributed by atoms with van der Waals surface area (Å²) in [5.41, 5.74) is 0.917. The van der Waals surface area contributed by atoms with Crippen LogP contribution in [0.3, 0.4) is 0 Å². The van der Waals surface area contributed by atoms with Gasteiger partial charge in [-0.3, -0.25) is 9.89 Å². The molecule has 2 N–H and O–H groups in total. The molecule has 1 heterocycles. The normalized spacial score (nSPS) is 11.7. The smallest absolute Gasteiger partial charge is 0.237 e. The summed E-state index contributed by atoms with van der Waals surface area (Å²) < 4.78 is 0. The van der Waals surface area contributed by atoms with Gasteiger partial charge in [-0.1, -0.05) is 30.3 Å². The lowest BCUT2D eigenvalue weighted by atomic mass is 10.2. The maximum Gasteiger partial charge on any atom is 0.237 e. The van der Waals surface area contributed by atoms with E-state index >= 15 is 0 Å². The van der Waals surface area contributed by atoms with Gasteiger partial charge in [-0.2, -0.15) is 5.26 Å². The molecular weight excluding hydrogens is 322 g/mol. The van der Waals surface area contributed by atoms with E-state index in [1.54, 1.807) is 25.1 Å². The van der Waals surface area contributed by atoms with Crippen LogP contribution >= 0.6 is 23.4 Å². The van der Waals surface area contributed by atoms with E-state index in [0.29, 0.717) is 21.4 Å². The lowest BCUT2D eigenvalue weighted by Crippen LogP contribution is -2.22. The lowest BCUT2D eigenvalue weighted by molar-refractivity contribution is -0.115. The molecule has 0 fully saturated rings. The first kappa shape index (κ1) is 16.3. The molecule has 6 nitrogen and oxygen atoms in total. The Labute approximate surface area is 137 Å². The molecule has 2 rings (SSSR count). The average molecular weight is 336 g/mol. The third-order valence-electron chi connectivity index (χ3n) is 2.85. The molecule has 2 aromatic rings. The number of nitriles is 1. The molecule has 1 unspecified atom stereocenters. The number of rotatable bonds is 5. The summed E-state index contributed by atoms with van der Waals surface area (Å²) in [6, 6.07) is 6.73. The van der Waals surface area contributed by atoms with E-state index in [0.717, 1.165) is 12.2 Å². The van der Waals surface area contributed by atoms with Crippen LogP contribution in [0.2, 0.25) is 5.02 Å². The van der Waals surface area contributed by atoms with Gasteiger partial charge in [0.1, 0.15) is 11.9 Å². The van der Waals surface area contributed by atoms with Crippen LogP contribution in [0, 0.1) is 11.3 Å². The number of aromatic nitrogens is 3. The standard InChI is InChI=1S/C14H14ClN5OS/c1-3-12-18-14(20-19-12)22-8(2)13(21)17-10-5-4-9(7-16)11(15)6-10/h4-6,8H,3H2,1-2H3,(H,17,21)(H,18,19,20). The van der Waals surface area contributed by atoms with E-state index in [-0.39, 0.29) is 11.2 Å². The highest BCUT2D eigenvalue weighted by atomic mass is 35.5. The van der Waals surface area contributed by atoms with Crippen molar-refractivity contribution in [2.24, 2.45) is 0 Å². The maximum atomic E-state index is 12.2. The van der Waals surface area contributed by atoms with Crippen LogP contribution in [0.15, 0.2) is 23.4 Å². The minimum atomic E-state index is -0.366. The summed E-state index contributed by atoms with van der Waals surface area (Å²) in [7, 11) is 0. The van der Waals surface area contributed by atoms with Gasteiger partial charge in [0.25, 0.3) is 0 Å². The summed E-state index contributed by atoms with van der Waals surface area (Å²) in [5, 5.41) is 18.9. The third-order valence-corrected chi connectivity index (χ3v) is 4.13. The van der Waals surface area contributed by atoms with Gasteiger partial charge in [-0.15, -0.1) is 5.10 Å². The maximum absolute atomic E-state index is 12.2. The Balaban J connectivity index is 1.99. The fraction of sp³-hybridized carbons (Fsp3) is 0.286. The first-order chi connectivity index (χ1) is 10.5. The number of aromatic amines is 1. The number of hydrogen-bond donors (Lipinski definition) is 2. The number of H-pyrrole nitrogens is 1. The lowest BCUT2D eigenvalue weighted by Gasteiger charge is -2.10. The highest BCUT2D eigenvalue weighted by Crippen LogP contribution is 2.23. The molecule has 1 atom stereocenters. The van der Waals surface area contributed by atoms with Crippen LogP contribution in [0.1, 0.15) is 25.2 Å². The minimum Gasteiger partial charge on any atom is -0.325 e. The van der Waals surface area contributed by atoms with Gasteiger partial charge in [-0.05, 0) is 25.1 Å². The highest BCUT2D eigenvalue weighted by molar-refractivity contribution is 8.00. The highest BCUT2D eigenvalue weighted by Gasteiger charge is 2.17. The summed E-state index contributed by atoms with van der Waals surface area (Å²) in [5.74, 6) is 0.600. The van der Waals surface area contributed by atoms with Crippen molar-refractivity contribution in [3.63, 3.8) is 0 Å². The first-order valence-electron chi connectivity index (χ1n) is 6.62. The van der Waals surface area contributed by atoms with Gasteiger partial charge in [-0.25, -0.2) is 4.98 Å². The van der Waals surface area contributed by atoms with Gasteiger partial charge < -0.3 is 5.32 Å². The van der Waals surface area contributed by atoms with Crippen LogP contribution in [0.5, 0.6) is 0 Å². The molecule has 1 aromatic heterocycles. The second kappa shape index (κ2) is 7.29. The van der Waals surface area contributed by atoms with E-state index in [2.05, 4.69) is 20.5 Å². The summed E-state index contributed by atoms with van der Waals surface area (Å²) in [6.07, 6.45) is 0.762. The average Bonchev–Trinajstić information content (AvgIpc) is 2.95. The van der Waals surface area contributed by atoms with Crippen molar-refractivity contribution < 1.29 is 4.79 Å². The molecule has 1 aromatic carbocycles. The van der Waals surface area contributed by atoms with Crippen molar-refractivity contribution in [1.29, 1.82) is 5.26 Å². The number of amides is 1. The molecule has 8 heteroatoms. The van der Waals surface area contributed by atoms with Gasteiger partial charge in [0.2, 0.25) is 11.1 Å². The van der Waals surface area contributed by atoms with Crippen molar-refractivity contribution in [3.8, 4) is 6.07 Å². The number of hydrogen-bond acceptors (Lipinski definition) is 5. The SMILES string of the molecule is CCc1nc(SC(C)C(=O)Nc2ccc(C#N)c(Cl)c2)n[nH]1. The first-order valence-corrected chi connectivity index (χ1v) is 7.87. The Morgan fingerprint density at radius 3 is 2.95 bits per heavy atom. The topological polar surface area (TPSA) is 94.5 Å². The number of carbonyl (C=O) groups is 1. The van der Waals surface area contributed by atoms with E-state index in [4.69, 9.17) is 16.9 Å². The van der Waals surface area contributed by atoms with Crippen molar-refractivity contribution in [2.45, 2.75) is 30.7 Å². The summed E-state index contributed by atoms with van der Waals surface area (Å²) in [6.45, 7) is 3.74. The Hall–Kier alpha value is -2.04. The third kappa shape index (κ3) is 4.00. The van der Waals surface area contributed by atoms with Crippen LogP contribution in [0.25, 0.3) is 0 Å². The van der Waals surface area contributed by atoms with E-state index in [1.807, 2.05) is 13.0 Å². The van der Waals surface area contributed by atoms with Gasteiger partial charge >= 0.3 is 0 Å². The summed E-state index contributed by atoms with van der Waals surface area (Å²) in [4.78, 5) is 16.4. The molecule has 0 bridgehead atoms. The molecule has 1 amide bonds. The molecule has 0 saturated carbocycles. The van der Waals surface area contributed by atoms with Crippen molar-refractivity contribution in [2.75, 3.05) is 5.32 Å².